The standard InChI is InChI=1S/C12H13NO4S2/c1-8-9-5-3-4-6-10(9)18-12(8)13-19(15,16)7-11(14)17-2/h3-6,13H,7H2,1-2H3. The average Bonchev–Trinajstić information content (AvgIpc) is 2.65. The maximum absolute atomic E-state index is 11.8. The van der Waals surface area contributed by atoms with Crippen molar-refractivity contribution in [1.29, 1.82) is 0 Å². The first-order chi connectivity index (χ1) is 8.93. The van der Waals surface area contributed by atoms with Gasteiger partial charge in [-0.25, -0.2) is 8.42 Å². The van der Waals surface area contributed by atoms with Gasteiger partial charge >= 0.3 is 5.97 Å². The monoisotopic (exact) mass is 299 g/mol. The van der Waals surface area contributed by atoms with Crippen molar-refractivity contribution in [3.63, 3.8) is 0 Å². The summed E-state index contributed by atoms with van der Waals surface area (Å²) in [5, 5.41) is 1.54. The summed E-state index contributed by atoms with van der Waals surface area (Å²) in [6, 6.07) is 7.64. The normalized spacial score (nSPS) is 11.5. The largest absolute Gasteiger partial charge is 0.468 e. The van der Waals surface area contributed by atoms with E-state index in [-0.39, 0.29) is 0 Å². The summed E-state index contributed by atoms with van der Waals surface area (Å²) >= 11 is 1.34. The van der Waals surface area contributed by atoms with Gasteiger partial charge in [0.2, 0.25) is 10.0 Å². The number of carbonyl (C=O) groups is 1. The van der Waals surface area contributed by atoms with Crippen LogP contribution in [-0.2, 0) is 19.6 Å². The zero-order chi connectivity index (χ0) is 14.0. The van der Waals surface area contributed by atoms with Crippen LogP contribution in [0, 0.1) is 6.92 Å². The van der Waals surface area contributed by atoms with Crippen molar-refractivity contribution < 1.29 is 17.9 Å². The van der Waals surface area contributed by atoms with Crippen LogP contribution in [-0.4, -0.2) is 27.2 Å². The second-order valence-electron chi connectivity index (χ2n) is 3.99. The van der Waals surface area contributed by atoms with Crippen LogP contribution in [0.3, 0.4) is 0 Å². The van der Waals surface area contributed by atoms with Gasteiger partial charge in [0.1, 0.15) is 5.00 Å². The number of benzene rings is 1. The number of carbonyl (C=O) groups excluding carboxylic acids is 1. The quantitative estimate of drug-likeness (QED) is 0.878. The number of aryl methyl sites for hydroxylation is 1. The van der Waals surface area contributed by atoms with Crippen molar-refractivity contribution in [2.75, 3.05) is 17.6 Å². The van der Waals surface area contributed by atoms with Crippen molar-refractivity contribution in [3.8, 4) is 0 Å². The molecule has 5 nitrogen and oxygen atoms in total. The number of rotatable bonds is 4. The van der Waals surface area contributed by atoms with Crippen molar-refractivity contribution in [2.24, 2.45) is 0 Å². The summed E-state index contributed by atoms with van der Waals surface area (Å²) in [7, 11) is -2.57. The Labute approximate surface area is 115 Å². The number of anilines is 1. The van der Waals surface area contributed by atoms with E-state index in [1.807, 2.05) is 31.2 Å². The molecule has 0 bridgehead atoms. The molecule has 0 unspecified atom stereocenters. The highest BCUT2D eigenvalue weighted by molar-refractivity contribution is 7.93. The lowest BCUT2D eigenvalue weighted by Gasteiger charge is -2.05. The molecule has 102 valence electrons. The van der Waals surface area contributed by atoms with Gasteiger partial charge in [-0.1, -0.05) is 18.2 Å². The highest BCUT2D eigenvalue weighted by Gasteiger charge is 2.19. The minimum Gasteiger partial charge on any atom is -0.468 e. The highest BCUT2D eigenvalue weighted by atomic mass is 32.2. The fourth-order valence-electron chi connectivity index (χ4n) is 1.66. The van der Waals surface area contributed by atoms with Gasteiger partial charge in [-0.2, -0.15) is 0 Å². The lowest BCUT2D eigenvalue weighted by Crippen LogP contribution is -2.23. The van der Waals surface area contributed by atoms with E-state index in [0.29, 0.717) is 5.00 Å². The fourth-order valence-corrected chi connectivity index (χ4v) is 4.11. The van der Waals surface area contributed by atoms with Crippen molar-refractivity contribution in [1.82, 2.24) is 0 Å². The molecule has 19 heavy (non-hydrogen) atoms. The molecule has 1 aromatic carbocycles. The third-order valence-electron chi connectivity index (χ3n) is 2.63. The van der Waals surface area contributed by atoms with Crippen LogP contribution < -0.4 is 4.72 Å². The Morgan fingerprint density at radius 1 is 1.37 bits per heavy atom. The van der Waals surface area contributed by atoms with Gasteiger partial charge in [0.05, 0.1) is 7.11 Å². The predicted molar refractivity (Wildman–Crippen MR) is 76.0 cm³/mol. The summed E-state index contributed by atoms with van der Waals surface area (Å²) in [5.41, 5.74) is 0.856. The molecular weight excluding hydrogens is 286 g/mol. The van der Waals surface area contributed by atoms with Crippen LogP contribution in [0.1, 0.15) is 5.56 Å². The number of sulfonamides is 1. The molecular formula is C12H13NO4S2. The van der Waals surface area contributed by atoms with Crippen LogP contribution in [0.4, 0.5) is 5.00 Å². The van der Waals surface area contributed by atoms with Gasteiger partial charge in [0.15, 0.2) is 5.75 Å². The number of ether oxygens (including phenoxy) is 1. The third kappa shape index (κ3) is 3.05. The van der Waals surface area contributed by atoms with Crippen LogP contribution in [0.15, 0.2) is 24.3 Å². The van der Waals surface area contributed by atoms with Crippen molar-refractivity contribution >= 4 is 42.4 Å². The van der Waals surface area contributed by atoms with Crippen LogP contribution in [0.25, 0.3) is 10.1 Å². The zero-order valence-electron chi connectivity index (χ0n) is 10.5. The van der Waals surface area contributed by atoms with Crippen molar-refractivity contribution in [2.45, 2.75) is 6.92 Å². The van der Waals surface area contributed by atoms with E-state index in [0.717, 1.165) is 22.8 Å². The number of esters is 1. The van der Waals surface area contributed by atoms with E-state index >= 15 is 0 Å². The predicted octanol–water partition coefficient (Wildman–Crippen LogP) is 2.12. The molecule has 2 rings (SSSR count). The van der Waals surface area contributed by atoms with Gasteiger partial charge in [0.25, 0.3) is 0 Å². The Morgan fingerprint density at radius 2 is 2.05 bits per heavy atom. The molecule has 1 heterocycles. The first kappa shape index (κ1) is 13.8. The summed E-state index contributed by atoms with van der Waals surface area (Å²) in [6.45, 7) is 1.84. The summed E-state index contributed by atoms with van der Waals surface area (Å²) in [6.07, 6.45) is 0. The summed E-state index contributed by atoms with van der Waals surface area (Å²) < 4.78 is 31.4. The zero-order valence-corrected chi connectivity index (χ0v) is 12.1. The van der Waals surface area contributed by atoms with Gasteiger partial charge in [0, 0.05) is 4.70 Å². The molecule has 2 aromatic rings. The number of hydrogen-bond donors (Lipinski definition) is 1. The smallest absolute Gasteiger partial charge is 0.322 e. The van der Waals surface area contributed by atoms with Gasteiger partial charge in [-0.15, -0.1) is 11.3 Å². The molecule has 0 aliphatic heterocycles. The fraction of sp³-hybridized carbons (Fsp3) is 0.250. The number of hydrogen-bond acceptors (Lipinski definition) is 5. The van der Waals surface area contributed by atoms with Crippen LogP contribution in [0.5, 0.6) is 0 Å². The minimum absolute atomic E-state index is 0.533. The van der Waals surface area contributed by atoms with E-state index in [1.165, 1.54) is 11.3 Å². The molecule has 0 amide bonds. The van der Waals surface area contributed by atoms with E-state index in [4.69, 9.17) is 0 Å². The minimum atomic E-state index is -3.73. The summed E-state index contributed by atoms with van der Waals surface area (Å²) in [5.74, 6) is -1.47. The molecule has 0 fully saturated rings. The molecule has 0 saturated heterocycles. The molecule has 0 saturated carbocycles. The molecule has 0 aliphatic carbocycles. The van der Waals surface area contributed by atoms with Gasteiger partial charge in [-0.05, 0) is 23.9 Å². The Morgan fingerprint density at radius 3 is 2.68 bits per heavy atom. The average molecular weight is 299 g/mol. The molecule has 0 spiro atoms. The summed E-state index contributed by atoms with van der Waals surface area (Å²) in [4.78, 5) is 11.0. The van der Waals surface area contributed by atoms with E-state index in [1.54, 1.807) is 0 Å². The molecule has 0 atom stereocenters. The second-order valence-corrected chi connectivity index (χ2v) is 6.76. The lowest BCUT2D eigenvalue weighted by molar-refractivity contribution is -0.137. The Hall–Kier alpha value is -1.60. The molecule has 0 radical (unpaired) electrons. The van der Waals surface area contributed by atoms with Crippen LogP contribution in [0.2, 0.25) is 0 Å². The van der Waals surface area contributed by atoms with Crippen molar-refractivity contribution in [3.05, 3.63) is 29.8 Å². The molecule has 7 heteroatoms. The van der Waals surface area contributed by atoms with Gasteiger partial charge < -0.3 is 4.74 Å². The maximum Gasteiger partial charge on any atom is 0.322 e. The second kappa shape index (κ2) is 5.18. The number of fused-ring (bicyclic) bond motifs is 1. The SMILES string of the molecule is COC(=O)CS(=O)(=O)Nc1sc2ccccc2c1C. The third-order valence-corrected chi connectivity index (χ3v) is 5.08. The van der Waals surface area contributed by atoms with E-state index < -0.39 is 21.7 Å². The number of thiophene rings is 1. The topological polar surface area (TPSA) is 72.5 Å². The first-order valence-electron chi connectivity index (χ1n) is 5.48. The number of methoxy groups -OCH3 is 1. The molecule has 0 aliphatic rings. The van der Waals surface area contributed by atoms with Crippen LogP contribution >= 0.6 is 11.3 Å². The molecule has 1 aromatic heterocycles. The number of nitrogens with one attached hydrogen (secondary N) is 1. The Balaban J connectivity index is 2.31. The Kier molecular flexibility index (Phi) is 3.77. The lowest BCUT2D eigenvalue weighted by atomic mass is 10.2. The van der Waals surface area contributed by atoms with E-state index in [9.17, 15) is 13.2 Å². The van der Waals surface area contributed by atoms with E-state index in [2.05, 4.69) is 9.46 Å². The van der Waals surface area contributed by atoms with Gasteiger partial charge in [-0.3, -0.25) is 9.52 Å². The maximum atomic E-state index is 11.8. The Bertz CT molecular complexity index is 718. The first-order valence-corrected chi connectivity index (χ1v) is 7.95. The highest BCUT2D eigenvalue weighted by Crippen LogP contribution is 2.35. The molecule has 1 N–H and O–H groups in total.